The van der Waals surface area contributed by atoms with Gasteiger partial charge in [0, 0.05) is 12.4 Å². The Balaban J connectivity index is 0.000000184. The third-order valence-electron chi connectivity index (χ3n) is 3.20. The monoisotopic (exact) mass is 405 g/mol. The van der Waals surface area contributed by atoms with E-state index >= 15 is 0 Å². The number of rotatable bonds is 1. The van der Waals surface area contributed by atoms with Crippen molar-refractivity contribution in [3.63, 3.8) is 0 Å². The molecule has 0 bridgehead atoms. The molecule has 0 fully saturated rings. The first kappa shape index (κ1) is 17.5. The second kappa shape index (κ2) is 10.1. The molecule has 0 N–H and O–H groups in total. The minimum atomic E-state index is -0.826. The van der Waals surface area contributed by atoms with E-state index in [1.165, 1.54) is 11.1 Å². The summed E-state index contributed by atoms with van der Waals surface area (Å²) in [6.07, 6.45) is 19.6. The van der Waals surface area contributed by atoms with E-state index in [1.807, 2.05) is 24.3 Å². The fourth-order valence-electron chi connectivity index (χ4n) is 2.26. The van der Waals surface area contributed by atoms with Crippen molar-refractivity contribution in [2.75, 3.05) is 0 Å². The molecular formula is C18H15Cl2NZr. The van der Waals surface area contributed by atoms with Gasteiger partial charge in [0.25, 0.3) is 0 Å². The van der Waals surface area contributed by atoms with Crippen molar-refractivity contribution < 1.29 is 20.8 Å². The van der Waals surface area contributed by atoms with Crippen LogP contribution in [0.4, 0.5) is 0 Å². The van der Waals surface area contributed by atoms with Gasteiger partial charge in [-0.05, 0) is 18.2 Å². The zero-order valence-electron chi connectivity index (χ0n) is 11.9. The predicted octanol–water partition coefficient (Wildman–Crippen LogP) is 5.59. The van der Waals surface area contributed by atoms with E-state index in [1.54, 1.807) is 0 Å². The molecule has 2 aliphatic carbocycles. The third kappa shape index (κ3) is 5.12. The molecule has 1 aromatic carbocycles. The van der Waals surface area contributed by atoms with E-state index < -0.39 is 20.8 Å². The van der Waals surface area contributed by atoms with Crippen molar-refractivity contribution >= 4 is 23.1 Å². The summed E-state index contributed by atoms with van der Waals surface area (Å²) in [7, 11) is 9.87. The van der Waals surface area contributed by atoms with Gasteiger partial charge in [-0.25, -0.2) is 24.3 Å². The van der Waals surface area contributed by atoms with Gasteiger partial charge in [0.15, 0.2) is 0 Å². The van der Waals surface area contributed by atoms with Crippen molar-refractivity contribution in [1.29, 1.82) is 0 Å². The maximum atomic E-state index is 4.93. The number of hydrogen-bond donors (Lipinski definition) is 0. The molecule has 0 aliphatic heterocycles. The van der Waals surface area contributed by atoms with Gasteiger partial charge in [-0.15, -0.1) is 18.1 Å². The molecule has 1 nitrogen and oxygen atoms in total. The zero-order chi connectivity index (χ0) is 15.6. The van der Waals surface area contributed by atoms with Crippen LogP contribution in [0.1, 0.15) is 23.6 Å². The Hall–Kier alpha value is -0.817. The quantitative estimate of drug-likeness (QED) is 0.543. The van der Waals surface area contributed by atoms with Gasteiger partial charge in [0.2, 0.25) is 0 Å². The second-order valence-electron chi connectivity index (χ2n) is 4.55. The van der Waals surface area contributed by atoms with Crippen LogP contribution in [0.2, 0.25) is 0 Å². The van der Waals surface area contributed by atoms with Crippen LogP contribution in [0.25, 0.3) is 6.08 Å². The van der Waals surface area contributed by atoms with Gasteiger partial charge in [0.1, 0.15) is 0 Å². The van der Waals surface area contributed by atoms with E-state index in [4.69, 9.17) is 17.0 Å². The molecular weight excluding hydrogens is 392 g/mol. The predicted molar refractivity (Wildman–Crippen MR) is 90.0 cm³/mol. The van der Waals surface area contributed by atoms with Gasteiger partial charge in [-0.3, -0.25) is 6.08 Å². The minimum absolute atomic E-state index is 0.265. The van der Waals surface area contributed by atoms with E-state index in [2.05, 4.69) is 65.5 Å². The average molecular weight is 407 g/mol. The maximum absolute atomic E-state index is 4.93. The van der Waals surface area contributed by atoms with Gasteiger partial charge >= 0.3 is 37.9 Å². The van der Waals surface area contributed by atoms with Crippen molar-refractivity contribution in [3.8, 4) is 0 Å². The van der Waals surface area contributed by atoms with Gasteiger partial charge in [-0.1, -0.05) is 18.2 Å². The average Bonchev–Trinajstić information content (AvgIpc) is 3.30. The Morgan fingerprint density at radius 2 is 1.82 bits per heavy atom. The molecule has 1 heterocycles. The fourth-order valence-corrected chi connectivity index (χ4v) is 2.26. The van der Waals surface area contributed by atoms with E-state index in [9.17, 15) is 0 Å². The first-order valence-electron chi connectivity index (χ1n) is 6.85. The summed E-state index contributed by atoms with van der Waals surface area (Å²) in [4.78, 5) is 0. The Morgan fingerprint density at radius 1 is 1.09 bits per heavy atom. The van der Waals surface area contributed by atoms with Gasteiger partial charge in [-0.2, -0.15) is 11.6 Å². The molecule has 1 unspecified atom stereocenters. The second-order valence-corrected chi connectivity index (χ2v) is 8.28. The van der Waals surface area contributed by atoms with Crippen molar-refractivity contribution in [2.45, 2.75) is 12.5 Å². The number of benzene rings is 1. The topological polar surface area (TPSA) is 4.93 Å². The van der Waals surface area contributed by atoms with Crippen LogP contribution in [0, 0.1) is 12.2 Å². The SMILES string of the molecule is [C-]1=CC=CC1.[C-]1=Cc2ccccc2C1n1cccc1.[Cl][Zr+2][Cl]. The summed E-state index contributed by atoms with van der Waals surface area (Å²) in [5, 5.41) is 0. The fraction of sp³-hybridized carbons (Fsp3) is 0.111. The molecule has 2 aliphatic rings. The van der Waals surface area contributed by atoms with Crippen LogP contribution >= 0.6 is 17.0 Å². The van der Waals surface area contributed by atoms with Crippen LogP contribution in [0.15, 0.2) is 67.0 Å². The van der Waals surface area contributed by atoms with Gasteiger partial charge < -0.3 is 4.57 Å². The van der Waals surface area contributed by atoms with Crippen LogP contribution < -0.4 is 0 Å². The number of allylic oxidation sites excluding steroid dienone is 5. The molecule has 0 saturated carbocycles. The molecule has 110 valence electrons. The Kier molecular flexibility index (Phi) is 8.01. The Morgan fingerprint density at radius 3 is 2.41 bits per heavy atom. The molecule has 4 rings (SSSR count). The molecule has 0 radical (unpaired) electrons. The van der Waals surface area contributed by atoms with Crippen molar-refractivity contribution in [2.24, 2.45) is 0 Å². The number of fused-ring (bicyclic) bond motifs is 1. The summed E-state index contributed by atoms with van der Waals surface area (Å²) < 4.78 is 2.17. The summed E-state index contributed by atoms with van der Waals surface area (Å²) in [5.74, 6) is 0. The number of nitrogens with zero attached hydrogens (tertiary/aromatic N) is 1. The third-order valence-corrected chi connectivity index (χ3v) is 3.20. The summed E-state index contributed by atoms with van der Waals surface area (Å²) in [5.41, 5.74) is 2.62. The molecule has 1 atom stereocenters. The first-order chi connectivity index (χ1) is 10.9. The summed E-state index contributed by atoms with van der Waals surface area (Å²) in [6, 6.07) is 12.8. The molecule has 0 amide bonds. The van der Waals surface area contributed by atoms with Crippen molar-refractivity contribution in [1.82, 2.24) is 4.57 Å². The molecule has 4 heteroatoms. The van der Waals surface area contributed by atoms with E-state index in [0.29, 0.717) is 0 Å². The normalized spacial score (nSPS) is 16.2. The van der Waals surface area contributed by atoms with Crippen LogP contribution in [-0.4, -0.2) is 4.57 Å². The molecule has 2 aromatic rings. The van der Waals surface area contributed by atoms with Crippen LogP contribution in [0.3, 0.4) is 0 Å². The van der Waals surface area contributed by atoms with E-state index in [0.717, 1.165) is 6.42 Å². The van der Waals surface area contributed by atoms with Crippen molar-refractivity contribution in [3.05, 3.63) is 90.3 Å². The number of hydrogen-bond acceptors (Lipinski definition) is 0. The molecule has 1 aromatic heterocycles. The van der Waals surface area contributed by atoms with Crippen LogP contribution in [-0.2, 0) is 20.8 Å². The molecule has 22 heavy (non-hydrogen) atoms. The Bertz CT molecular complexity index is 635. The zero-order valence-corrected chi connectivity index (χ0v) is 15.9. The number of aromatic nitrogens is 1. The molecule has 0 saturated heterocycles. The number of halogens is 2. The van der Waals surface area contributed by atoms with E-state index in [-0.39, 0.29) is 6.04 Å². The summed E-state index contributed by atoms with van der Waals surface area (Å²) >= 11 is -0.826. The van der Waals surface area contributed by atoms with Gasteiger partial charge in [0.05, 0.1) is 0 Å². The van der Waals surface area contributed by atoms with Crippen LogP contribution in [0.5, 0.6) is 0 Å². The standard InChI is InChI=1S/C13H10N.C5H5.2ClH.Zr/c1-2-6-12-11(5-1)7-8-13(12)14-9-3-4-10-14;1-2-4-5-3-1;;;/h1-7,9-10,13H;1-3H,4H2;2*1H;/q2*-1;;;+4/p-2. The first-order valence-corrected chi connectivity index (χ1v) is 13.2. The summed E-state index contributed by atoms with van der Waals surface area (Å²) in [6.45, 7) is 0. The Labute approximate surface area is 150 Å². The molecule has 0 spiro atoms.